The first kappa shape index (κ1) is 16.6. The van der Waals surface area contributed by atoms with E-state index < -0.39 is 0 Å². The highest BCUT2D eigenvalue weighted by atomic mass is 16.3. The van der Waals surface area contributed by atoms with Gasteiger partial charge in [-0.1, -0.05) is 13.8 Å². The van der Waals surface area contributed by atoms with Crippen LogP contribution < -0.4 is 10.6 Å². The first-order chi connectivity index (χ1) is 9.42. The Morgan fingerprint density at radius 2 is 1.95 bits per heavy atom. The molecule has 114 valence electrons. The van der Waals surface area contributed by atoms with E-state index in [4.69, 9.17) is 4.42 Å². The number of guanidine groups is 1. The molecule has 0 bridgehead atoms. The molecule has 0 aliphatic rings. The number of rotatable bonds is 6. The highest BCUT2D eigenvalue weighted by Gasteiger charge is 2.08. The lowest BCUT2D eigenvalue weighted by molar-refractivity contribution is 0.488. The second-order valence-electron chi connectivity index (χ2n) is 5.88. The van der Waals surface area contributed by atoms with Crippen LogP contribution in [-0.2, 0) is 6.54 Å². The number of nitrogens with zero attached hydrogens (tertiary/aromatic N) is 1. The number of nitrogens with one attached hydrogen (secondary N) is 2. The molecule has 4 heteroatoms. The Hall–Kier alpha value is -1.45. The zero-order valence-electron chi connectivity index (χ0n) is 13.7. The molecule has 0 fully saturated rings. The molecule has 0 saturated heterocycles. The fourth-order valence-electron chi connectivity index (χ4n) is 2.12. The van der Waals surface area contributed by atoms with Crippen LogP contribution in [0.25, 0.3) is 0 Å². The molecule has 4 nitrogen and oxygen atoms in total. The molecule has 0 saturated carbocycles. The maximum Gasteiger partial charge on any atom is 0.191 e. The summed E-state index contributed by atoms with van der Waals surface area (Å²) in [6.07, 6.45) is 2.38. The summed E-state index contributed by atoms with van der Waals surface area (Å²) < 4.78 is 5.53. The summed E-state index contributed by atoms with van der Waals surface area (Å²) >= 11 is 0. The Balaban J connectivity index is 2.42. The largest absolute Gasteiger partial charge is 0.466 e. The van der Waals surface area contributed by atoms with Crippen molar-refractivity contribution in [1.29, 1.82) is 0 Å². The van der Waals surface area contributed by atoms with E-state index in [1.54, 1.807) is 7.05 Å². The van der Waals surface area contributed by atoms with E-state index in [9.17, 15) is 0 Å². The third-order valence-corrected chi connectivity index (χ3v) is 3.37. The molecular weight excluding hydrogens is 250 g/mol. The smallest absolute Gasteiger partial charge is 0.191 e. The van der Waals surface area contributed by atoms with Crippen LogP contribution >= 0.6 is 0 Å². The summed E-state index contributed by atoms with van der Waals surface area (Å²) in [4.78, 5) is 4.27. The molecule has 0 amide bonds. The maximum absolute atomic E-state index is 5.53. The summed E-state index contributed by atoms with van der Waals surface area (Å²) in [5.74, 6) is 3.51. The minimum atomic E-state index is 0.427. The monoisotopic (exact) mass is 279 g/mol. The number of furan rings is 1. The van der Waals surface area contributed by atoms with E-state index in [0.29, 0.717) is 6.04 Å². The minimum absolute atomic E-state index is 0.427. The highest BCUT2D eigenvalue weighted by Crippen LogP contribution is 2.13. The topological polar surface area (TPSA) is 49.6 Å². The van der Waals surface area contributed by atoms with E-state index in [-0.39, 0.29) is 0 Å². The lowest BCUT2D eigenvalue weighted by Crippen LogP contribution is -2.41. The molecule has 1 atom stereocenters. The normalized spacial score (nSPS) is 13.7. The second kappa shape index (κ2) is 7.98. The molecule has 1 rings (SSSR count). The van der Waals surface area contributed by atoms with Gasteiger partial charge in [-0.3, -0.25) is 4.99 Å². The van der Waals surface area contributed by atoms with Crippen LogP contribution in [0, 0.1) is 19.8 Å². The lowest BCUT2D eigenvalue weighted by atomic mass is 10.0. The van der Waals surface area contributed by atoms with E-state index in [1.165, 1.54) is 12.0 Å². The third-order valence-electron chi connectivity index (χ3n) is 3.37. The lowest BCUT2D eigenvalue weighted by Gasteiger charge is -2.18. The summed E-state index contributed by atoms with van der Waals surface area (Å²) in [5.41, 5.74) is 1.18. The van der Waals surface area contributed by atoms with Gasteiger partial charge in [0.15, 0.2) is 5.96 Å². The number of aryl methyl sites for hydroxylation is 2. The molecule has 1 unspecified atom stereocenters. The zero-order valence-corrected chi connectivity index (χ0v) is 13.7. The zero-order chi connectivity index (χ0) is 15.1. The molecule has 1 aromatic heterocycles. The predicted octanol–water partition coefficient (Wildman–Crippen LogP) is 3.39. The molecule has 1 aromatic rings. The van der Waals surface area contributed by atoms with Gasteiger partial charge in [-0.15, -0.1) is 0 Å². The van der Waals surface area contributed by atoms with Crippen LogP contribution in [0.4, 0.5) is 0 Å². The van der Waals surface area contributed by atoms with Gasteiger partial charge in [-0.25, -0.2) is 0 Å². The van der Waals surface area contributed by atoms with Gasteiger partial charge in [0.1, 0.15) is 11.5 Å². The summed E-state index contributed by atoms with van der Waals surface area (Å²) in [7, 11) is 1.80. The molecule has 2 N–H and O–H groups in total. The van der Waals surface area contributed by atoms with Crippen molar-refractivity contribution in [3.8, 4) is 0 Å². The van der Waals surface area contributed by atoms with Crippen molar-refractivity contribution < 1.29 is 4.42 Å². The number of aliphatic imine (C=N–C) groups is 1. The third kappa shape index (κ3) is 5.68. The van der Waals surface area contributed by atoms with E-state index in [1.807, 2.05) is 13.8 Å². The molecule has 0 aromatic carbocycles. The minimum Gasteiger partial charge on any atom is -0.466 e. The van der Waals surface area contributed by atoms with Crippen LogP contribution in [0.5, 0.6) is 0 Å². The van der Waals surface area contributed by atoms with Crippen LogP contribution in [-0.4, -0.2) is 19.0 Å². The standard InChI is InChI=1S/C16H29N3O/c1-11(2)7-8-12(3)19-16(17-6)18-10-15-9-13(4)20-14(15)5/h9,11-12H,7-8,10H2,1-6H3,(H2,17,18,19). The first-order valence-corrected chi connectivity index (χ1v) is 7.45. The van der Waals surface area contributed by atoms with Crippen molar-refractivity contribution in [2.45, 2.75) is 60.0 Å². The Bertz CT molecular complexity index is 435. The summed E-state index contributed by atoms with van der Waals surface area (Å²) in [6.45, 7) is 11.4. The summed E-state index contributed by atoms with van der Waals surface area (Å²) in [5, 5.41) is 6.76. The van der Waals surface area contributed by atoms with Crippen molar-refractivity contribution >= 4 is 5.96 Å². The average molecular weight is 279 g/mol. The van der Waals surface area contributed by atoms with Gasteiger partial charge < -0.3 is 15.1 Å². The van der Waals surface area contributed by atoms with Gasteiger partial charge in [-0.05, 0) is 45.6 Å². The number of hydrogen-bond donors (Lipinski definition) is 2. The SMILES string of the molecule is CN=C(NCc1cc(C)oc1C)NC(C)CCC(C)C. The molecule has 20 heavy (non-hydrogen) atoms. The van der Waals surface area contributed by atoms with Crippen molar-refractivity contribution in [3.05, 3.63) is 23.2 Å². The molecule has 0 aliphatic carbocycles. The van der Waals surface area contributed by atoms with Gasteiger partial charge >= 0.3 is 0 Å². The van der Waals surface area contributed by atoms with Gasteiger partial charge in [0.25, 0.3) is 0 Å². The predicted molar refractivity (Wildman–Crippen MR) is 85.1 cm³/mol. The Labute approximate surface area is 123 Å². The van der Waals surface area contributed by atoms with Crippen molar-refractivity contribution in [1.82, 2.24) is 10.6 Å². The fraction of sp³-hybridized carbons (Fsp3) is 0.688. The van der Waals surface area contributed by atoms with Crippen molar-refractivity contribution in [3.63, 3.8) is 0 Å². The molecule has 1 heterocycles. The van der Waals surface area contributed by atoms with Crippen LogP contribution in [0.2, 0.25) is 0 Å². The van der Waals surface area contributed by atoms with Gasteiger partial charge in [0, 0.05) is 25.2 Å². The Morgan fingerprint density at radius 3 is 2.45 bits per heavy atom. The van der Waals surface area contributed by atoms with Crippen LogP contribution in [0.15, 0.2) is 15.5 Å². The van der Waals surface area contributed by atoms with Gasteiger partial charge in [0.05, 0.1) is 0 Å². The molecule has 0 radical (unpaired) electrons. The quantitative estimate of drug-likeness (QED) is 0.620. The second-order valence-corrected chi connectivity index (χ2v) is 5.88. The van der Waals surface area contributed by atoms with Gasteiger partial charge in [0.2, 0.25) is 0 Å². The van der Waals surface area contributed by atoms with E-state index >= 15 is 0 Å². The Morgan fingerprint density at radius 1 is 1.25 bits per heavy atom. The summed E-state index contributed by atoms with van der Waals surface area (Å²) in [6, 6.07) is 2.49. The van der Waals surface area contributed by atoms with Crippen LogP contribution in [0.3, 0.4) is 0 Å². The fourth-order valence-corrected chi connectivity index (χ4v) is 2.12. The van der Waals surface area contributed by atoms with Gasteiger partial charge in [-0.2, -0.15) is 0 Å². The number of hydrogen-bond acceptors (Lipinski definition) is 2. The molecule has 0 spiro atoms. The molecule has 0 aliphatic heterocycles. The van der Waals surface area contributed by atoms with Crippen molar-refractivity contribution in [2.75, 3.05) is 7.05 Å². The first-order valence-electron chi connectivity index (χ1n) is 7.45. The van der Waals surface area contributed by atoms with E-state index in [2.05, 4.69) is 42.5 Å². The van der Waals surface area contributed by atoms with Crippen molar-refractivity contribution in [2.24, 2.45) is 10.9 Å². The van der Waals surface area contributed by atoms with E-state index in [0.717, 1.165) is 36.4 Å². The Kier molecular flexibility index (Phi) is 6.62. The average Bonchev–Trinajstić information content (AvgIpc) is 2.70. The highest BCUT2D eigenvalue weighted by molar-refractivity contribution is 5.79. The van der Waals surface area contributed by atoms with Crippen LogP contribution in [0.1, 0.15) is 50.7 Å². The maximum atomic E-state index is 5.53. The molecular formula is C16H29N3O.